The molecule has 4 atom stereocenters. The van der Waals surface area contributed by atoms with E-state index in [0.29, 0.717) is 37.4 Å². The molecule has 6 nitrogen and oxygen atoms in total. The summed E-state index contributed by atoms with van der Waals surface area (Å²) in [5.74, 6) is 2.30. The number of epoxide rings is 3. The lowest BCUT2D eigenvalue weighted by molar-refractivity contribution is 0.263. The first-order valence-electron chi connectivity index (χ1n) is 16.0. The minimum atomic E-state index is -0.00810. The summed E-state index contributed by atoms with van der Waals surface area (Å²) in [6, 6.07) is 25.6. The van der Waals surface area contributed by atoms with E-state index in [9.17, 15) is 0 Å². The molecule has 0 bridgehead atoms. The van der Waals surface area contributed by atoms with Crippen LogP contribution in [0.2, 0.25) is 0 Å². The van der Waals surface area contributed by atoms with Crippen LogP contribution in [0.25, 0.3) is 0 Å². The smallest absolute Gasteiger partial charge is 0.119 e. The second-order valence-electron chi connectivity index (χ2n) is 12.3. The molecule has 0 spiro atoms. The first-order valence-corrected chi connectivity index (χ1v) is 16.0. The van der Waals surface area contributed by atoms with Crippen molar-refractivity contribution in [3.63, 3.8) is 0 Å². The third-order valence-corrected chi connectivity index (χ3v) is 8.21. The Hall–Kier alpha value is -3.42. The molecular weight excluding hydrogens is 564 g/mol. The van der Waals surface area contributed by atoms with Crippen molar-refractivity contribution in [2.45, 2.75) is 70.7 Å². The Morgan fingerprint density at radius 3 is 1.60 bits per heavy atom. The highest BCUT2D eigenvalue weighted by Gasteiger charge is 2.25. The molecule has 3 fully saturated rings. The molecular formula is C39H50O6. The zero-order valence-electron chi connectivity index (χ0n) is 27.7. The van der Waals surface area contributed by atoms with Crippen LogP contribution in [-0.2, 0) is 19.6 Å². The first kappa shape index (κ1) is 34.5. The van der Waals surface area contributed by atoms with Gasteiger partial charge in [-0.2, -0.15) is 0 Å². The van der Waals surface area contributed by atoms with Gasteiger partial charge in [0.25, 0.3) is 0 Å². The molecule has 0 radical (unpaired) electrons. The molecule has 3 aromatic carbocycles. The van der Waals surface area contributed by atoms with Crippen LogP contribution in [0.1, 0.15) is 62.3 Å². The minimum absolute atomic E-state index is 0.00810. The Morgan fingerprint density at radius 2 is 1.20 bits per heavy atom. The molecule has 3 heterocycles. The number of aliphatic hydroxyl groups excluding tert-OH is 1. The van der Waals surface area contributed by atoms with E-state index in [4.69, 9.17) is 28.8 Å². The summed E-state index contributed by atoms with van der Waals surface area (Å²) >= 11 is 0. The second kappa shape index (κ2) is 16.8. The Bertz CT molecular complexity index is 1350. The van der Waals surface area contributed by atoms with Crippen molar-refractivity contribution >= 4 is 0 Å². The SMILES string of the molecule is CC(C1=CCC=C1)c1ccc(OCC2CO2)cc1.CC1CO1.CO.Cc1ccc(C(C)(C)c2ccc(OCC3CO3)cc2)cc1. The van der Waals surface area contributed by atoms with Crippen LogP contribution in [0.4, 0.5) is 0 Å². The second-order valence-corrected chi connectivity index (χ2v) is 12.3. The topological polar surface area (TPSA) is 76.3 Å². The third kappa shape index (κ3) is 11.5. The maximum Gasteiger partial charge on any atom is 0.119 e. The van der Waals surface area contributed by atoms with E-state index in [-0.39, 0.29) is 5.41 Å². The van der Waals surface area contributed by atoms with E-state index < -0.39 is 0 Å². The van der Waals surface area contributed by atoms with Gasteiger partial charge in [-0.25, -0.2) is 0 Å². The number of benzene rings is 3. The van der Waals surface area contributed by atoms with E-state index in [1.165, 1.54) is 27.8 Å². The molecule has 6 heteroatoms. The van der Waals surface area contributed by atoms with Crippen molar-refractivity contribution < 1.29 is 28.8 Å². The van der Waals surface area contributed by atoms with Gasteiger partial charge < -0.3 is 28.8 Å². The Kier molecular flexibility index (Phi) is 12.8. The zero-order chi connectivity index (χ0) is 32.2. The molecule has 242 valence electrons. The van der Waals surface area contributed by atoms with E-state index in [2.05, 4.69) is 101 Å². The molecule has 7 rings (SSSR count). The molecule has 3 aliphatic heterocycles. The van der Waals surface area contributed by atoms with Gasteiger partial charge in [0.2, 0.25) is 0 Å². The van der Waals surface area contributed by atoms with Gasteiger partial charge in [0.15, 0.2) is 0 Å². The highest BCUT2D eigenvalue weighted by molar-refractivity contribution is 5.41. The van der Waals surface area contributed by atoms with Gasteiger partial charge >= 0.3 is 0 Å². The number of aliphatic hydroxyl groups is 1. The van der Waals surface area contributed by atoms with Crippen LogP contribution in [-0.4, -0.2) is 63.6 Å². The number of aryl methyl sites for hydroxylation is 1. The first-order chi connectivity index (χ1) is 21.8. The number of rotatable bonds is 10. The van der Waals surface area contributed by atoms with E-state index in [1.54, 1.807) is 0 Å². The normalized spacial score (nSPS) is 21.0. The molecule has 3 aromatic rings. The number of allylic oxidation sites excluding steroid dienone is 4. The van der Waals surface area contributed by atoms with E-state index in [1.807, 2.05) is 24.3 Å². The van der Waals surface area contributed by atoms with Crippen molar-refractivity contribution in [3.05, 3.63) is 119 Å². The van der Waals surface area contributed by atoms with E-state index >= 15 is 0 Å². The minimum Gasteiger partial charge on any atom is -0.491 e. The Labute approximate surface area is 269 Å². The lowest BCUT2D eigenvalue weighted by Crippen LogP contribution is -2.18. The van der Waals surface area contributed by atoms with Gasteiger partial charge in [-0.1, -0.05) is 93.1 Å². The molecule has 45 heavy (non-hydrogen) atoms. The van der Waals surface area contributed by atoms with Crippen LogP contribution < -0.4 is 9.47 Å². The third-order valence-electron chi connectivity index (χ3n) is 8.21. The highest BCUT2D eigenvalue weighted by Crippen LogP contribution is 2.33. The van der Waals surface area contributed by atoms with Gasteiger partial charge in [-0.05, 0) is 66.8 Å². The summed E-state index contributed by atoms with van der Waals surface area (Å²) in [6.45, 7) is 14.9. The van der Waals surface area contributed by atoms with Gasteiger partial charge in [0.05, 0.1) is 25.9 Å². The molecule has 1 N–H and O–H groups in total. The van der Waals surface area contributed by atoms with Crippen molar-refractivity contribution in [1.29, 1.82) is 0 Å². The summed E-state index contributed by atoms with van der Waals surface area (Å²) in [4.78, 5) is 0. The quantitative estimate of drug-likeness (QED) is 0.238. The van der Waals surface area contributed by atoms with Crippen LogP contribution in [0.3, 0.4) is 0 Å². The fraction of sp³-hybridized carbons (Fsp3) is 0.436. The monoisotopic (exact) mass is 614 g/mol. The van der Waals surface area contributed by atoms with E-state index in [0.717, 1.165) is 44.9 Å². The molecule has 4 unspecified atom stereocenters. The number of hydrogen-bond acceptors (Lipinski definition) is 6. The van der Waals surface area contributed by atoms with Gasteiger partial charge in [0.1, 0.15) is 36.9 Å². The predicted octanol–water partition coefficient (Wildman–Crippen LogP) is 7.57. The molecule has 0 saturated carbocycles. The summed E-state index contributed by atoms with van der Waals surface area (Å²) in [5, 5.41) is 7.00. The fourth-order valence-corrected chi connectivity index (χ4v) is 4.75. The number of hydrogen-bond donors (Lipinski definition) is 1. The van der Waals surface area contributed by atoms with Crippen LogP contribution in [0, 0.1) is 6.92 Å². The van der Waals surface area contributed by atoms with Crippen LogP contribution in [0.5, 0.6) is 11.5 Å². The Balaban J connectivity index is 0.000000175. The lowest BCUT2D eigenvalue weighted by atomic mass is 9.78. The molecule has 1 aliphatic carbocycles. The zero-order valence-corrected chi connectivity index (χ0v) is 27.7. The maximum absolute atomic E-state index is 7.00. The average Bonchev–Trinajstić information content (AvgIpc) is 4.00. The average molecular weight is 615 g/mol. The standard InChI is InChI=1S/C19H22O2.C16H18O2.C3H6O.CH4O/c1-14-4-6-15(7-5-14)19(2,3)16-8-10-17(11-9-16)20-12-18-13-21-18;1-12(13-4-2-3-5-13)14-6-8-15(9-7-14)17-10-16-11-18-16;1-3-2-4-3;1-2/h4-11,18H,12-13H2,1-3H3;2,4-9,12,16H,3,10-11H2,1H3;3H,2H2,1H3;2H,1H3. The van der Waals surface area contributed by atoms with Crippen molar-refractivity contribution in [1.82, 2.24) is 0 Å². The number of ether oxygens (including phenoxy) is 5. The fourth-order valence-electron chi connectivity index (χ4n) is 4.75. The van der Waals surface area contributed by atoms with Crippen LogP contribution >= 0.6 is 0 Å². The van der Waals surface area contributed by atoms with Crippen molar-refractivity contribution in [2.75, 3.05) is 40.1 Å². The summed E-state index contributed by atoms with van der Waals surface area (Å²) in [6.07, 6.45) is 8.99. The van der Waals surface area contributed by atoms with Gasteiger partial charge in [-0.15, -0.1) is 0 Å². The lowest BCUT2D eigenvalue weighted by Gasteiger charge is -2.26. The van der Waals surface area contributed by atoms with Crippen molar-refractivity contribution in [2.24, 2.45) is 0 Å². The Morgan fingerprint density at radius 1 is 0.756 bits per heavy atom. The molecule has 4 aliphatic rings. The molecule has 0 aromatic heterocycles. The highest BCUT2D eigenvalue weighted by atomic mass is 16.6. The maximum atomic E-state index is 7.00. The molecule has 0 amide bonds. The summed E-state index contributed by atoms with van der Waals surface area (Å²) < 4.78 is 26.3. The van der Waals surface area contributed by atoms with Gasteiger partial charge in [0, 0.05) is 18.4 Å². The summed E-state index contributed by atoms with van der Waals surface area (Å²) in [5.41, 5.74) is 6.65. The largest absolute Gasteiger partial charge is 0.491 e. The van der Waals surface area contributed by atoms with Gasteiger partial charge in [-0.3, -0.25) is 0 Å². The van der Waals surface area contributed by atoms with Crippen LogP contribution in [0.15, 0.2) is 96.6 Å². The predicted molar refractivity (Wildman–Crippen MR) is 180 cm³/mol. The molecule has 3 saturated heterocycles. The summed E-state index contributed by atoms with van der Waals surface area (Å²) in [7, 11) is 1.00. The van der Waals surface area contributed by atoms with Crippen molar-refractivity contribution in [3.8, 4) is 11.5 Å².